The molecule has 24 heavy (non-hydrogen) atoms. The fraction of sp³-hybridized carbons (Fsp3) is 0.562. The van der Waals surface area contributed by atoms with E-state index in [2.05, 4.69) is 10.3 Å². The summed E-state index contributed by atoms with van der Waals surface area (Å²) in [6, 6.07) is 7.51. The maximum atomic E-state index is 6.01. The van der Waals surface area contributed by atoms with E-state index in [4.69, 9.17) is 24.7 Å². The minimum absolute atomic E-state index is 0. The smallest absolute Gasteiger partial charge is 0.193 e. The SMILES string of the molecule is COc1cccc(NC(N)=NCC2COC3(CCOCC3)O2)c1.I. The van der Waals surface area contributed by atoms with E-state index in [1.807, 2.05) is 24.3 Å². The second-order valence-corrected chi connectivity index (χ2v) is 5.66. The minimum atomic E-state index is -0.479. The number of halogens is 1. The number of benzene rings is 1. The van der Waals surface area contributed by atoms with Crippen LogP contribution in [0, 0.1) is 0 Å². The summed E-state index contributed by atoms with van der Waals surface area (Å²) in [4.78, 5) is 4.34. The van der Waals surface area contributed by atoms with Gasteiger partial charge in [-0.05, 0) is 12.1 Å². The summed E-state index contributed by atoms with van der Waals surface area (Å²) in [6.07, 6.45) is 1.47. The van der Waals surface area contributed by atoms with Crippen LogP contribution in [-0.4, -0.2) is 51.3 Å². The van der Waals surface area contributed by atoms with Crippen molar-refractivity contribution in [1.82, 2.24) is 0 Å². The average molecular weight is 449 g/mol. The van der Waals surface area contributed by atoms with Gasteiger partial charge in [0.2, 0.25) is 0 Å². The first-order chi connectivity index (χ1) is 11.2. The molecule has 2 fully saturated rings. The van der Waals surface area contributed by atoms with E-state index < -0.39 is 5.79 Å². The summed E-state index contributed by atoms with van der Waals surface area (Å²) in [5.41, 5.74) is 6.76. The number of nitrogens with zero attached hydrogens (tertiary/aromatic N) is 1. The van der Waals surface area contributed by atoms with Crippen LogP contribution in [0.3, 0.4) is 0 Å². The molecule has 1 aromatic carbocycles. The van der Waals surface area contributed by atoms with E-state index >= 15 is 0 Å². The maximum Gasteiger partial charge on any atom is 0.193 e. The second-order valence-electron chi connectivity index (χ2n) is 5.66. The first-order valence-corrected chi connectivity index (χ1v) is 7.80. The van der Waals surface area contributed by atoms with Crippen LogP contribution >= 0.6 is 24.0 Å². The Morgan fingerprint density at radius 2 is 2.21 bits per heavy atom. The van der Waals surface area contributed by atoms with Crippen molar-refractivity contribution in [2.24, 2.45) is 10.7 Å². The largest absolute Gasteiger partial charge is 0.497 e. The third kappa shape index (κ3) is 4.95. The normalized spacial score (nSPS) is 22.9. The van der Waals surface area contributed by atoms with Crippen LogP contribution < -0.4 is 15.8 Å². The van der Waals surface area contributed by atoms with Gasteiger partial charge < -0.3 is 30.0 Å². The van der Waals surface area contributed by atoms with E-state index in [0.717, 1.165) is 24.3 Å². The Hall–Kier alpha value is -1.10. The monoisotopic (exact) mass is 449 g/mol. The molecule has 1 spiro atoms. The van der Waals surface area contributed by atoms with E-state index in [9.17, 15) is 0 Å². The lowest BCUT2D eigenvalue weighted by Gasteiger charge is -2.31. The number of aliphatic imine (C=N–C) groups is 1. The molecule has 3 rings (SSSR count). The van der Waals surface area contributed by atoms with E-state index in [-0.39, 0.29) is 30.1 Å². The molecule has 2 heterocycles. The van der Waals surface area contributed by atoms with Crippen molar-refractivity contribution in [3.8, 4) is 5.75 Å². The van der Waals surface area contributed by atoms with Gasteiger partial charge in [0.05, 0.1) is 33.5 Å². The Balaban J connectivity index is 0.00000208. The van der Waals surface area contributed by atoms with E-state index in [1.54, 1.807) is 7.11 Å². The van der Waals surface area contributed by atoms with Gasteiger partial charge in [0, 0.05) is 24.6 Å². The molecule has 0 saturated carbocycles. The molecule has 7 nitrogen and oxygen atoms in total. The Bertz CT molecular complexity index is 564. The molecular formula is C16H24IN3O4. The highest BCUT2D eigenvalue weighted by atomic mass is 127. The number of guanidine groups is 1. The average Bonchev–Trinajstić information content (AvgIpc) is 2.96. The minimum Gasteiger partial charge on any atom is -0.497 e. The van der Waals surface area contributed by atoms with Crippen LogP contribution in [0.1, 0.15) is 12.8 Å². The fourth-order valence-electron chi connectivity index (χ4n) is 2.74. The Kier molecular flexibility index (Phi) is 7.08. The van der Waals surface area contributed by atoms with Crippen LogP contribution in [0.15, 0.2) is 29.3 Å². The Morgan fingerprint density at radius 1 is 1.42 bits per heavy atom. The van der Waals surface area contributed by atoms with Crippen molar-refractivity contribution in [2.45, 2.75) is 24.7 Å². The Labute approximate surface area is 158 Å². The van der Waals surface area contributed by atoms with Gasteiger partial charge >= 0.3 is 0 Å². The summed E-state index contributed by atoms with van der Waals surface area (Å²) in [6.45, 7) is 2.35. The molecule has 0 amide bonds. The van der Waals surface area contributed by atoms with Crippen molar-refractivity contribution in [1.29, 1.82) is 0 Å². The number of nitrogens with one attached hydrogen (secondary N) is 1. The van der Waals surface area contributed by atoms with Gasteiger partial charge in [-0.1, -0.05) is 6.07 Å². The standard InChI is InChI=1S/C16H23N3O4.HI/c1-20-13-4-2-3-12(9-13)19-15(17)18-10-14-11-22-16(23-14)5-7-21-8-6-16;/h2-4,9,14H,5-8,10-11H2,1H3,(H3,17,18,19);1H. The number of hydrogen-bond donors (Lipinski definition) is 2. The lowest BCUT2D eigenvalue weighted by molar-refractivity contribution is -0.210. The highest BCUT2D eigenvalue weighted by Crippen LogP contribution is 2.33. The zero-order valence-corrected chi connectivity index (χ0v) is 16.0. The van der Waals surface area contributed by atoms with Crippen molar-refractivity contribution >= 4 is 35.6 Å². The summed E-state index contributed by atoms with van der Waals surface area (Å²) in [7, 11) is 1.63. The molecule has 2 aliphatic rings. The van der Waals surface area contributed by atoms with Crippen LogP contribution in [0.4, 0.5) is 5.69 Å². The molecule has 0 aliphatic carbocycles. The van der Waals surface area contributed by atoms with Crippen molar-refractivity contribution in [3.63, 3.8) is 0 Å². The molecule has 134 valence electrons. The van der Waals surface area contributed by atoms with E-state index in [1.165, 1.54) is 0 Å². The molecule has 0 aromatic heterocycles. The van der Waals surface area contributed by atoms with Crippen molar-refractivity contribution in [3.05, 3.63) is 24.3 Å². The fourth-order valence-corrected chi connectivity index (χ4v) is 2.74. The molecule has 0 radical (unpaired) electrons. The maximum absolute atomic E-state index is 6.01. The zero-order chi connectivity index (χ0) is 16.1. The van der Waals surface area contributed by atoms with Crippen molar-refractivity contribution < 1.29 is 18.9 Å². The lowest BCUT2D eigenvalue weighted by atomic mass is 10.1. The van der Waals surface area contributed by atoms with Gasteiger partial charge in [0.15, 0.2) is 11.7 Å². The molecule has 1 atom stereocenters. The van der Waals surface area contributed by atoms with Crippen LogP contribution in [0.25, 0.3) is 0 Å². The van der Waals surface area contributed by atoms with Gasteiger partial charge in [0.25, 0.3) is 0 Å². The molecule has 0 bridgehead atoms. The highest BCUT2D eigenvalue weighted by molar-refractivity contribution is 14.0. The predicted molar refractivity (Wildman–Crippen MR) is 102 cm³/mol. The number of anilines is 1. The van der Waals surface area contributed by atoms with Gasteiger partial charge in [-0.25, -0.2) is 0 Å². The molecule has 1 aromatic rings. The van der Waals surface area contributed by atoms with Crippen LogP contribution in [0.2, 0.25) is 0 Å². The summed E-state index contributed by atoms with van der Waals surface area (Å²) < 4.78 is 22.4. The molecular weight excluding hydrogens is 425 g/mol. The van der Waals surface area contributed by atoms with Crippen LogP contribution in [0.5, 0.6) is 5.75 Å². The third-order valence-corrected chi connectivity index (χ3v) is 3.98. The molecule has 3 N–H and O–H groups in total. The number of rotatable bonds is 4. The molecule has 2 aliphatic heterocycles. The Morgan fingerprint density at radius 3 is 2.96 bits per heavy atom. The topological polar surface area (TPSA) is 87.3 Å². The van der Waals surface area contributed by atoms with Gasteiger partial charge in [0.1, 0.15) is 11.9 Å². The zero-order valence-electron chi connectivity index (χ0n) is 13.7. The molecule has 8 heteroatoms. The van der Waals surface area contributed by atoms with Crippen LogP contribution in [-0.2, 0) is 14.2 Å². The van der Waals surface area contributed by atoms with E-state index in [0.29, 0.717) is 32.3 Å². The van der Waals surface area contributed by atoms with Gasteiger partial charge in [-0.15, -0.1) is 24.0 Å². The van der Waals surface area contributed by atoms with Crippen molar-refractivity contribution in [2.75, 3.05) is 38.8 Å². The number of methoxy groups -OCH3 is 1. The number of hydrogen-bond acceptors (Lipinski definition) is 5. The van der Waals surface area contributed by atoms with Gasteiger partial charge in [-0.2, -0.15) is 0 Å². The lowest BCUT2D eigenvalue weighted by Crippen LogP contribution is -2.38. The third-order valence-electron chi connectivity index (χ3n) is 3.98. The predicted octanol–water partition coefficient (Wildman–Crippen LogP) is 1.96. The first-order valence-electron chi connectivity index (χ1n) is 7.80. The quantitative estimate of drug-likeness (QED) is 0.415. The molecule has 2 saturated heterocycles. The van der Waals surface area contributed by atoms with Gasteiger partial charge in [-0.3, -0.25) is 4.99 Å². The second kappa shape index (κ2) is 8.84. The summed E-state index contributed by atoms with van der Waals surface area (Å²) >= 11 is 0. The number of ether oxygens (including phenoxy) is 4. The molecule has 1 unspecified atom stereocenters. The summed E-state index contributed by atoms with van der Waals surface area (Å²) in [5, 5.41) is 3.04. The first kappa shape index (κ1) is 19.2. The summed E-state index contributed by atoms with van der Waals surface area (Å²) in [5.74, 6) is 0.625. The number of nitrogens with two attached hydrogens (primary N) is 1. The highest BCUT2D eigenvalue weighted by Gasteiger charge is 2.42.